The molecule has 1 fully saturated rings. The zero-order chi connectivity index (χ0) is 26.3. The van der Waals surface area contributed by atoms with Crippen molar-refractivity contribution in [1.29, 1.82) is 0 Å². The van der Waals surface area contributed by atoms with Gasteiger partial charge in [-0.15, -0.1) is 0 Å². The fourth-order valence-electron chi connectivity index (χ4n) is 4.48. The van der Waals surface area contributed by atoms with Crippen molar-refractivity contribution in [2.24, 2.45) is 0 Å². The molecule has 2 amide bonds. The van der Waals surface area contributed by atoms with Crippen molar-refractivity contribution in [3.63, 3.8) is 0 Å². The summed E-state index contributed by atoms with van der Waals surface area (Å²) in [5.74, 6) is 0. The van der Waals surface area contributed by atoms with Gasteiger partial charge >= 0.3 is 12.2 Å². The molecule has 0 radical (unpaired) electrons. The van der Waals surface area contributed by atoms with Crippen LogP contribution in [0.25, 0.3) is 0 Å². The lowest BCUT2D eigenvalue weighted by atomic mass is 9.87. The number of amides is 2. The van der Waals surface area contributed by atoms with E-state index in [1.807, 2.05) is 6.92 Å². The van der Waals surface area contributed by atoms with Crippen molar-refractivity contribution in [2.45, 2.75) is 89.8 Å². The number of methoxy groups -OCH3 is 1. The second-order valence-corrected chi connectivity index (χ2v) is 9.25. The maximum absolute atomic E-state index is 14.0. The Morgan fingerprint density at radius 1 is 1.20 bits per heavy atom. The van der Waals surface area contributed by atoms with Crippen LogP contribution in [0.4, 0.5) is 22.8 Å². The molecular weight excluding hydrogens is 489 g/mol. The normalized spacial score (nSPS) is 21.1. The number of rotatable bonds is 9. The molecule has 4 atom stereocenters. The van der Waals surface area contributed by atoms with Crippen LogP contribution >= 0.6 is 11.6 Å². The van der Waals surface area contributed by atoms with Crippen LogP contribution in [-0.2, 0) is 20.8 Å². The van der Waals surface area contributed by atoms with Crippen LogP contribution in [0.5, 0.6) is 0 Å². The Bertz CT molecular complexity index is 889. The Balaban J connectivity index is 2.37. The number of alkyl halides is 3. The molecule has 0 N–H and O–H groups in total. The largest absolute Gasteiger partial charge is 0.453 e. The van der Waals surface area contributed by atoms with Crippen LogP contribution < -0.4 is 0 Å². The van der Waals surface area contributed by atoms with Gasteiger partial charge in [0.1, 0.15) is 6.29 Å². The van der Waals surface area contributed by atoms with Gasteiger partial charge in [-0.05, 0) is 56.4 Å². The number of hydrogen-bond donors (Lipinski definition) is 0. The predicted octanol–water partition coefficient (Wildman–Crippen LogP) is 5.93. The molecule has 1 saturated heterocycles. The van der Waals surface area contributed by atoms with Crippen molar-refractivity contribution >= 4 is 30.1 Å². The van der Waals surface area contributed by atoms with Crippen LogP contribution in [0.15, 0.2) is 18.2 Å². The lowest BCUT2D eigenvalue weighted by molar-refractivity contribution is -0.109. The number of hydrogen-bond acceptors (Lipinski definition) is 5. The monoisotopic (exact) mass is 520 g/mol. The summed E-state index contributed by atoms with van der Waals surface area (Å²) in [5, 5.41) is 0.0575. The summed E-state index contributed by atoms with van der Waals surface area (Å²) in [5.41, 5.74) is 0.0617. The number of carbonyl (C=O) groups is 3. The van der Waals surface area contributed by atoms with Crippen molar-refractivity contribution < 1.29 is 37.0 Å². The standard InChI is InChI=1S/C24H32ClF3N2O5/c1-5-18-11-20(12-19(6-7-31)30(18)24(33)35-14(2)3)29(23(32)34-4)13-15-8-16(10-17(25)9-15)21(26)22(27)28/h7-10,14,18-22H,5-6,11-13H2,1-4H3/t18-,19+,20+,21?/m1/s1. The van der Waals surface area contributed by atoms with Crippen molar-refractivity contribution in [3.05, 3.63) is 34.3 Å². The van der Waals surface area contributed by atoms with Crippen LogP contribution in [-0.4, -0.2) is 66.0 Å². The van der Waals surface area contributed by atoms with Crippen LogP contribution in [0.3, 0.4) is 0 Å². The average molecular weight is 521 g/mol. The van der Waals surface area contributed by atoms with E-state index >= 15 is 0 Å². The SMILES string of the molecule is CC[C@@H]1C[C@H](N(Cc2cc(Cl)cc(C(F)C(F)F)c2)C(=O)OC)C[C@H](CC=O)N1C(=O)OC(C)C. The van der Waals surface area contributed by atoms with Gasteiger partial charge in [0.15, 0.2) is 6.17 Å². The molecule has 11 heteroatoms. The Kier molecular flexibility index (Phi) is 10.7. The van der Waals surface area contributed by atoms with Gasteiger partial charge in [-0.25, -0.2) is 22.8 Å². The number of ether oxygens (including phenoxy) is 2. The Morgan fingerprint density at radius 2 is 1.86 bits per heavy atom. The Morgan fingerprint density at radius 3 is 2.40 bits per heavy atom. The van der Waals surface area contributed by atoms with Gasteiger partial charge in [-0.3, -0.25) is 0 Å². The van der Waals surface area contributed by atoms with E-state index in [1.54, 1.807) is 18.7 Å². The van der Waals surface area contributed by atoms with Gasteiger partial charge in [0.05, 0.1) is 13.2 Å². The van der Waals surface area contributed by atoms with E-state index in [1.165, 1.54) is 24.1 Å². The van der Waals surface area contributed by atoms with E-state index in [0.717, 1.165) is 6.07 Å². The first-order valence-electron chi connectivity index (χ1n) is 11.5. The minimum atomic E-state index is -3.22. The molecule has 0 spiro atoms. The van der Waals surface area contributed by atoms with Crippen molar-refractivity contribution in [3.8, 4) is 0 Å². The zero-order valence-electron chi connectivity index (χ0n) is 20.3. The first kappa shape index (κ1) is 28.7. The Labute approximate surface area is 208 Å². The van der Waals surface area contributed by atoms with E-state index in [0.29, 0.717) is 24.7 Å². The first-order chi connectivity index (χ1) is 16.5. The molecule has 2 rings (SSSR count). The third kappa shape index (κ3) is 7.49. The molecule has 0 aromatic heterocycles. The van der Waals surface area contributed by atoms with E-state index in [-0.39, 0.29) is 42.1 Å². The van der Waals surface area contributed by atoms with E-state index in [9.17, 15) is 27.6 Å². The molecule has 0 saturated carbocycles. The molecule has 7 nitrogen and oxygen atoms in total. The molecule has 0 aliphatic carbocycles. The lowest BCUT2D eigenvalue weighted by Crippen LogP contribution is -2.58. The summed E-state index contributed by atoms with van der Waals surface area (Å²) in [4.78, 5) is 39.9. The summed E-state index contributed by atoms with van der Waals surface area (Å²) in [7, 11) is 1.21. The zero-order valence-corrected chi connectivity index (χ0v) is 21.0. The second-order valence-electron chi connectivity index (χ2n) is 8.81. The van der Waals surface area contributed by atoms with Gasteiger partial charge < -0.3 is 24.1 Å². The first-order valence-corrected chi connectivity index (χ1v) is 11.9. The minimum Gasteiger partial charge on any atom is -0.453 e. The number of carbonyl (C=O) groups excluding carboxylic acids is 3. The molecular formula is C24H32ClF3N2O5. The molecule has 1 aliphatic heterocycles. The average Bonchev–Trinajstić information content (AvgIpc) is 2.80. The highest BCUT2D eigenvalue weighted by atomic mass is 35.5. The van der Waals surface area contributed by atoms with Gasteiger partial charge in [-0.1, -0.05) is 24.6 Å². The van der Waals surface area contributed by atoms with Gasteiger partial charge in [-0.2, -0.15) is 0 Å². The highest BCUT2D eigenvalue weighted by Crippen LogP contribution is 2.33. The smallest absolute Gasteiger partial charge is 0.410 e. The fraction of sp³-hybridized carbons (Fsp3) is 0.625. The van der Waals surface area contributed by atoms with Crippen LogP contribution in [0.2, 0.25) is 5.02 Å². The molecule has 1 unspecified atom stereocenters. The van der Waals surface area contributed by atoms with E-state index in [2.05, 4.69) is 0 Å². The summed E-state index contributed by atoms with van der Waals surface area (Å²) in [6.07, 6.45) is -5.32. The number of aldehydes is 1. The van der Waals surface area contributed by atoms with Crippen LogP contribution in [0, 0.1) is 0 Å². The van der Waals surface area contributed by atoms with Crippen molar-refractivity contribution in [1.82, 2.24) is 9.80 Å². The number of piperidine rings is 1. The molecule has 35 heavy (non-hydrogen) atoms. The number of nitrogens with zero attached hydrogens (tertiary/aromatic N) is 2. The molecule has 196 valence electrons. The summed E-state index contributed by atoms with van der Waals surface area (Å²) < 4.78 is 50.2. The minimum absolute atomic E-state index is 0.0500. The maximum atomic E-state index is 14.0. The second kappa shape index (κ2) is 13.0. The quantitative estimate of drug-likeness (QED) is 0.377. The number of halogens is 4. The molecule has 0 bridgehead atoms. The third-order valence-electron chi connectivity index (χ3n) is 5.98. The highest BCUT2D eigenvalue weighted by Gasteiger charge is 2.42. The van der Waals surface area contributed by atoms with Crippen molar-refractivity contribution in [2.75, 3.05) is 7.11 Å². The number of likely N-dealkylation sites (tertiary alicyclic amines) is 1. The third-order valence-corrected chi connectivity index (χ3v) is 6.20. The van der Waals surface area contributed by atoms with Gasteiger partial charge in [0.25, 0.3) is 6.43 Å². The van der Waals surface area contributed by atoms with Gasteiger partial charge in [0, 0.05) is 36.1 Å². The van der Waals surface area contributed by atoms with Crippen LogP contribution in [0.1, 0.15) is 63.8 Å². The fourth-order valence-corrected chi connectivity index (χ4v) is 4.74. The molecule has 1 aromatic rings. The lowest BCUT2D eigenvalue weighted by Gasteiger charge is -2.46. The summed E-state index contributed by atoms with van der Waals surface area (Å²) in [6.45, 7) is 5.27. The van der Waals surface area contributed by atoms with E-state index in [4.69, 9.17) is 21.1 Å². The molecule has 1 heterocycles. The highest BCUT2D eigenvalue weighted by molar-refractivity contribution is 6.30. The van der Waals surface area contributed by atoms with E-state index < -0.39 is 36.9 Å². The summed E-state index contributed by atoms with van der Waals surface area (Å²) in [6, 6.07) is 2.55. The number of benzene rings is 1. The molecule has 1 aromatic carbocycles. The summed E-state index contributed by atoms with van der Waals surface area (Å²) >= 11 is 6.04. The maximum Gasteiger partial charge on any atom is 0.410 e. The van der Waals surface area contributed by atoms with Gasteiger partial charge in [0.2, 0.25) is 0 Å². The predicted molar refractivity (Wildman–Crippen MR) is 124 cm³/mol. The Hall–Kier alpha value is -2.49. The molecule has 1 aliphatic rings. The topological polar surface area (TPSA) is 76.2 Å².